The highest BCUT2D eigenvalue weighted by Crippen LogP contribution is 2.41. The van der Waals surface area contributed by atoms with Gasteiger partial charge in [-0.15, -0.1) is 0 Å². The summed E-state index contributed by atoms with van der Waals surface area (Å²) in [6.45, 7) is -0.509. The van der Waals surface area contributed by atoms with Gasteiger partial charge in [-0.1, -0.05) is 60.7 Å². The Morgan fingerprint density at radius 1 is 0.886 bits per heavy atom. The van der Waals surface area contributed by atoms with E-state index in [-0.39, 0.29) is 5.75 Å². The molecular formula is C27H23BrO6S. The number of hydrogen-bond acceptors (Lipinski definition) is 5. The van der Waals surface area contributed by atoms with Crippen LogP contribution >= 0.6 is 15.9 Å². The van der Waals surface area contributed by atoms with Gasteiger partial charge in [0.2, 0.25) is 0 Å². The van der Waals surface area contributed by atoms with Crippen LogP contribution in [0.5, 0.6) is 11.5 Å². The SMILES string of the molecule is CS(=O)(=O)Oc1cc2c(Br)c(OCC(=O)O)c(Cc3ccccc3)cc2cc1Cc1ccccc1. The quantitative estimate of drug-likeness (QED) is 0.271. The molecule has 6 nitrogen and oxygen atoms in total. The molecule has 0 aliphatic heterocycles. The molecule has 0 unspecified atom stereocenters. The van der Waals surface area contributed by atoms with E-state index in [1.54, 1.807) is 6.07 Å². The molecule has 0 aromatic heterocycles. The van der Waals surface area contributed by atoms with Crippen LogP contribution in [0.2, 0.25) is 0 Å². The third kappa shape index (κ3) is 6.41. The smallest absolute Gasteiger partial charge is 0.341 e. The molecule has 0 atom stereocenters. The summed E-state index contributed by atoms with van der Waals surface area (Å²) in [5.41, 5.74) is 3.57. The van der Waals surface area contributed by atoms with E-state index in [9.17, 15) is 18.3 Å². The summed E-state index contributed by atoms with van der Waals surface area (Å²) in [6, 6.07) is 25.0. The number of aliphatic carboxylic acids is 1. The van der Waals surface area contributed by atoms with Crippen LogP contribution in [0.4, 0.5) is 0 Å². The average Bonchev–Trinajstić information content (AvgIpc) is 2.80. The van der Waals surface area contributed by atoms with Crippen molar-refractivity contribution in [2.45, 2.75) is 12.8 Å². The first-order chi connectivity index (χ1) is 16.7. The Hall–Kier alpha value is -3.36. The van der Waals surface area contributed by atoms with Gasteiger partial charge < -0.3 is 14.0 Å². The molecular weight excluding hydrogens is 532 g/mol. The number of halogens is 1. The number of ether oxygens (including phenoxy) is 1. The molecule has 35 heavy (non-hydrogen) atoms. The van der Waals surface area contributed by atoms with Gasteiger partial charge in [-0.2, -0.15) is 8.42 Å². The van der Waals surface area contributed by atoms with E-state index < -0.39 is 22.7 Å². The largest absolute Gasteiger partial charge is 0.480 e. The van der Waals surface area contributed by atoms with Gasteiger partial charge in [0.1, 0.15) is 11.5 Å². The standard InChI is InChI=1S/C27H23BrO6S/c1-35(31,32)34-24-16-23-20(14-21(24)12-18-8-4-2-5-9-18)15-22(13-19-10-6-3-7-11-19)27(26(23)28)33-17-25(29)30/h2-11,14-16H,12-13,17H2,1H3,(H,29,30). The number of hydrogen-bond donors (Lipinski definition) is 1. The van der Waals surface area contributed by atoms with Crippen molar-refractivity contribution in [3.05, 3.63) is 106 Å². The number of fused-ring (bicyclic) bond motifs is 1. The molecule has 0 fully saturated rings. The second-order valence-corrected chi connectivity index (χ2v) is 10.5. The molecule has 0 heterocycles. The highest BCUT2D eigenvalue weighted by atomic mass is 79.9. The normalized spacial score (nSPS) is 11.4. The zero-order valence-electron chi connectivity index (χ0n) is 18.9. The van der Waals surface area contributed by atoms with E-state index in [2.05, 4.69) is 15.9 Å². The van der Waals surface area contributed by atoms with Gasteiger partial charge in [0, 0.05) is 29.4 Å². The molecule has 180 valence electrons. The summed E-state index contributed by atoms with van der Waals surface area (Å²) in [5, 5.41) is 10.7. The minimum atomic E-state index is -3.78. The minimum Gasteiger partial charge on any atom is -0.480 e. The first-order valence-corrected chi connectivity index (χ1v) is 13.4. The molecule has 0 bridgehead atoms. The van der Waals surface area contributed by atoms with Crippen LogP contribution in [-0.2, 0) is 27.8 Å². The molecule has 0 saturated carbocycles. The van der Waals surface area contributed by atoms with Gasteiger partial charge in [-0.3, -0.25) is 0 Å². The van der Waals surface area contributed by atoms with Crippen molar-refractivity contribution in [2.24, 2.45) is 0 Å². The van der Waals surface area contributed by atoms with Crippen molar-refractivity contribution in [3.63, 3.8) is 0 Å². The van der Waals surface area contributed by atoms with Gasteiger partial charge in [0.25, 0.3) is 0 Å². The Labute approximate surface area is 212 Å². The molecule has 0 aliphatic carbocycles. The van der Waals surface area contributed by atoms with Gasteiger partial charge >= 0.3 is 16.1 Å². The van der Waals surface area contributed by atoms with Gasteiger partial charge in [0.15, 0.2) is 6.61 Å². The second kappa shape index (κ2) is 10.5. The van der Waals surface area contributed by atoms with Crippen LogP contribution < -0.4 is 8.92 Å². The third-order valence-electron chi connectivity index (χ3n) is 5.35. The molecule has 0 saturated heterocycles. The van der Waals surface area contributed by atoms with Gasteiger partial charge in [0.05, 0.1) is 10.7 Å². The minimum absolute atomic E-state index is 0.213. The molecule has 0 spiro atoms. The van der Waals surface area contributed by atoms with Crippen molar-refractivity contribution in [3.8, 4) is 11.5 Å². The van der Waals surface area contributed by atoms with E-state index in [0.717, 1.165) is 28.3 Å². The van der Waals surface area contributed by atoms with Crippen molar-refractivity contribution >= 4 is 42.8 Å². The molecule has 8 heteroatoms. The van der Waals surface area contributed by atoms with Crippen molar-refractivity contribution < 1.29 is 27.2 Å². The molecule has 0 radical (unpaired) electrons. The third-order valence-corrected chi connectivity index (χ3v) is 6.62. The summed E-state index contributed by atoms with van der Waals surface area (Å²) in [4.78, 5) is 11.2. The molecule has 4 aromatic carbocycles. The summed E-state index contributed by atoms with van der Waals surface area (Å²) >= 11 is 3.58. The summed E-state index contributed by atoms with van der Waals surface area (Å²) < 4.78 is 35.6. The molecule has 4 aromatic rings. The maximum atomic E-state index is 12.0. The van der Waals surface area contributed by atoms with E-state index in [4.69, 9.17) is 8.92 Å². The lowest BCUT2D eigenvalue weighted by Gasteiger charge is -2.18. The number of carboxylic acids is 1. The lowest BCUT2D eigenvalue weighted by Crippen LogP contribution is -2.11. The predicted octanol–water partition coefficient (Wildman–Crippen LogP) is 5.59. The number of rotatable bonds is 9. The van der Waals surface area contributed by atoms with E-state index in [0.29, 0.717) is 34.0 Å². The Morgan fingerprint density at radius 2 is 1.43 bits per heavy atom. The number of carboxylic acid groups (broad SMARTS) is 1. The van der Waals surface area contributed by atoms with Crippen LogP contribution in [0, 0.1) is 0 Å². The summed E-state index contributed by atoms with van der Waals surface area (Å²) in [5.74, 6) is -0.489. The first-order valence-electron chi connectivity index (χ1n) is 10.8. The fourth-order valence-electron chi connectivity index (χ4n) is 3.90. The predicted molar refractivity (Wildman–Crippen MR) is 139 cm³/mol. The highest BCUT2D eigenvalue weighted by molar-refractivity contribution is 9.10. The topological polar surface area (TPSA) is 89.9 Å². The zero-order valence-corrected chi connectivity index (χ0v) is 21.3. The fourth-order valence-corrected chi connectivity index (χ4v) is 5.10. The monoisotopic (exact) mass is 554 g/mol. The van der Waals surface area contributed by atoms with Crippen molar-refractivity contribution in [1.29, 1.82) is 0 Å². The summed E-state index contributed by atoms with van der Waals surface area (Å²) in [6.07, 6.45) is 2.01. The lowest BCUT2D eigenvalue weighted by atomic mass is 9.96. The lowest BCUT2D eigenvalue weighted by molar-refractivity contribution is -0.139. The van der Waals surface area contributed by atoms with Gasteiger partial charge in [-0.25, -0.2) is 4.79 Å². The maximum absolute atomic E-state index is 12.0. The van der Waals surface area contributed by atoms with E-state index >= 15 is 0 Å². The van der Waals surface area contributed by atoms with Crippen LogP contribution in [0.25, 0.3) is 10.8 Å². The number of benzene rings is 4. The molecule has 0 amide bonds. The van der Waals surface area contributed by atoms with E-state index in [1.807, 2.05) is 72.8 Å². The Kier molecular flexibility index (Phi) is 7.42. The Bertz CT molecular complexity index is 1470. The maximum Gasteiger partial charge on any atom is 0.341 e. The zero-order chi connectivity index (χ0) is 25.0. The Morgan fingerprint density at radius 3 is 1.97 bits per heavy atom. The van der Waals surface area contributed by atoms with Crippen LogP contribution in [0.15, 0.2) is 83.3 Å². The fraction of sp³-hybridized carbons (Fsp3) is 0.148. The van der Waals surface area contributed by atoms with E-state index in [1.165, 1.54) is 0 Å². The van der Waals surface area contributed by atoms with Crippen molar-refractivity contribution in [2.75, 3.05) is 12.9 Å². The first kappa shape index (κ1) is 24.8. The van der Waals surface area contributed by atoms with Crippen LogP contribution in [0.3, 0.4) is 0 Å². The highest BCUT2D eigenvalue weighted by Gasteiger charge is 2.19. The molecule has 1 N–H and O–H groups in total. The molecule has 4 rings (SSSR count). The van der Waals surface area contributed by atoms with Crippen molar-refractivity contribution in [1.82, 2.24) is 0 Å². The number of carbonyl (C=O) groups is 1. The Balaban J connectivity index is 1.89. The second-order valence-electron chi connectivity index (χ2n) is 8.15. The van der Waals surface area contributed by atoms with Crippen LogP contribution in [0.1, 0.15) is 22.3 Å². The van der Waals surface area contributed by atoms with Gasteiger partial charge in [-0.05, 0) is 50.6 Å². The van der Waals surface area contributed by atoms with Crippen LogP contribution in [-0.4, -0.2) is 32.4 Å². The molecule has 0 aliphatic rings. The average molecular weight is 555 g/mol. The summed E-state index contributed by atoms with van der Waals surface area (Å²) in [7, 11) is -3.78.